The van der Waals surface area contributed by atoms with Crippen LogP contribution in [0.1, 0.15) is 84.8 Å². The number of nitriles is 1. The third-order valence-corrected chi connectivity index (χ3v) is 15.5. The molecular formula is C47H51N9O8S. The molecule has 6 heterocycles. The average molecular weight is 902 g/mol. The predicted octanol–water partition coefficient (Wildman–Crippen LogP) is 7.21. The molecule has 65 heavy (non-hydrogen) atoms. The van der Waals surface area contributed by atoms with Gasteiger partial charge in [-0.1, -0.05) is 24.3 Å². The van der Waals surface area contributed by atoms with E-state index >= 15 is 0 Å². The number of nitrogens with zero attached hydrogens (tertiary/aromatic N) is 6. The lowest BCUT2D eigenvalue weighted by Crippen LogP contribution is -2.58. The number of sulfonamides is 1. The van der Waals surface area contributed by atoms with Gasteiger partial charge >= 0.3 is 5.69 Å². The van der Waals surface area contributed by atoms with Gasteiger partial charge in [-0.05, 0) is 98.1 Å². The van der Waals surface area contributed by atoms with Crippen LogP contribution >= 0.6 is 0 Å². The Labute approximate surface area is 376 Å². The number of morpholine rings is 1. The van der Waals surface area contributed by atoms with Gasteiger partial charge in [-0.25, -0.2) is 23.1 Å². The molecule has 3 aromatic heterocycles. The minimum Gasteiger partial charge on any atom is -0.455 e. The molecule has 2 aliphatic carbocycles. The molecule has 2 saturated carbocycles. The Kier molecular flexibility index (Phi) is 11.4. The summed E-state index contributed by atoms with van der Waals surface area (Å²) < 4.78 is 47.3. The van der Waals surface area contributed by atoms with E-state index in [2.05, 4.69) is 65.1 Å². The number of anilines is 2. The number of rotatable bonds is 13. The Bertz CT molecular complexity index is 2770. The van der Waals surface area contributed by atoms with E-state index in [1.807, 2.05) is 6.07 Å². The molecule has 0 radical (unpaired) electrons. The predicted molar refractivity (Wildman–Crippen MR) is 240 cm³/mol. The van der Waals surface area contributed by atoms with Gasteiger partial charge in [0.05, 0.1) is 53.6 Å². The third-order valence-electron chi connectivity index (χ3n) is 14.2. The number of carbonyl (C=O) groups excluding carboxylic acids is 1. The Morgan fingerprint density at radius 2 is 1.75 bits per heavy atom. The number of benzene rings is 2. The van der Waals surface area contributed by atoms with Crippen molar-refractivity contribution in [2.45, 2.75) is 74.3 Å². The van der Waals surface area contributed by atoms with Gasteiger partial charge in [-0.2, -0.15) is 5.26 Å². The van der Waals surface area contributed by atoms with Crippen LogP contribution in [0.4, 0.5) is 17.2 Å². The number of amides is 1. The number of pyridine rings is 2. The van der Waals surface area contributed by atoms with Crippen LogP contribution < -0.4 is 19.7 Å². The maximum absolute atomic E-state index is 14.0. The summed E-state index contributed by atoms with van der Waals surface area (Å²) >= 11 is 0. The first-order valence-corrected chi connectivity index (χ1v) is 23.9. The fraction of sp³-hybridized carbons (Fsp3) is 0.447. The van der Waals surface area contributed by atoms with Gasteiger partial charge in [0.1, 0.15) is 22.0 Å². The molecule has 3 saturated heterocycles. The van der Waals surface area contributed by atoms with E-state index in [1.54, 1.807) is 24.4 Å². The largest absolute Gasteiger partial charge is 0.455 e. The van der Waals surface area contributed by atoms with Crippen LogP contribution in [0.3, 0.4) is 0 Å². The number of piperidine rings is 1. The zero-order valence-electron chi connectivity index (χ0n) is 35.9. The average Bonchev–Trinajstić information content (AvgIpc) is 4.06. The summed E-state index contributed by atoms with van der Waals surface area (Å²) in [6.07, 6.45) is 11.9. The molecule has 1 amide bonds. The summed E-state index contributed by atoms with van der Waals surface area (Å²) in [5.74, 6) is -0.0621. The highest BCUT2D eigenvalue weighted by atomic mass is 32.2. The van der Waals surface area contributed by atoms with Gasteiger partial charge in [0.25, 0.3) is 15.9 Å². The molecule has 5 fully saturated rings. The van der Waals surface area contributed by atoms with Gasteiger partial charge in [0.15, 0.2) is 0 Å². The molecule has 5 aromatic rings. The van der Waals surface area contributed by atoms with Crippen molar-refractivity contribution in [3.63, 3.8) is 0 Å². The van der Waals surface area contributed by atoms with E-state index in [4.69, 9.17) is 14.2 Å². The second-order valence-corrected chi connectivity index (χ2v) is 19.9. The highest BCUT2D eigenvalue weighted by Gasteiger charge is 2.50. The molecule has 3 N–H and O–H groups in total. The van der Waals surface area contributed by atoms with Crippen molar-refractivity contribution in [1.29, 1.82) is 5.26 Å². The van der Waals surface area contributed by atoms with Crippen molar-refractivity contribution >= 4 is 44.2 Å². The smallest absolute Gasteiger partial charge is 0.312 e. The summed E-state index contributed by atoms with van der Waals surface area (Å²) in [5, 5.41) is 25.6. The zero-order valence-corrected chi connectivity index (χ0v) is 36.7. The van der Waals surface area contributed by atoms with Crippen LogP contribution in [0.25, 0.3) is 11.0 Å². The lowest BCUT2D eigenvalue weighted by Gasteiger charge is -2.57. The lowest BCUT2D eigenvalue weighted by molar-refractivity contribution is -0.384. The summed E-state index contributed by atoms with van der Waals surface area (Å²) in [7, 11) is -4.68. The molecule has 17 nitrogen and oxygen atoms in total. The number of hydrogen-bond acceptors (Lipinski definition) is 14. The normalized spacial score (nSPS) is 21.0. The third kappa shape index (κ3) is 8.73. The molecule has 5 aliphatic rings. The van der Waals surface area contributed by atoms with Gasteiger partial charge in [-0.15, -0.1) is 0 Å². The first-order valence-electron chi connectivity index (χ1n) is 22.4. The number of aromatic nitrogens is 3. The van der Waals surface area contributed by atoms with Crippen molar-refractivity contribution in [3.8, 4) is 17.6 Å². The van der Waals surface area contributed by atoms with Crippen molar-refractivity contribution in [2.24, 2.45) is 10.8 Å². The number of H-pyrrole nitrogens is 1. The number of fused-ring (bicyclic) bond motifs is 1. The standard InChI is InChI=1S/C47H51N9O8S/c48-29-47(12-18-62-19-13-47)30-52-44-40(56(58)59)23-36(27-51-44)65(60,61)53-45(57)39-8-7-33(22-42(39)64-35-21-32-9-14-49-43(32)50-26-35)54-15-10-46(11-16-54)24-34(25-46)55-17-20-63-28-41(55)38-4-2-1-3-37(38)31-5-6-31/h1-4,7-9,14,21-23,26-27,31,34,41H,5-6,10-13,15-20,24-25,28,30H2,(H,49,50)(H,51,52)(H,53,57)/t41-/m0/s1. The van der Waals surface area contributed by atoms with Crippen LogP contribution in [-0.4, -0.2) is 97.7 Å². The van der Waals surface area contributed by atoms with Gasteiger partial charge in [0.2, 0.25) is 5.82 Å². The minimum absolute atomic E-state index is 0.0546. The first kappa shape index (κ1) is 42.8. The van der Waals surface area contributed by atoms with Crippen molar-refractivity contribution in [2.75, 3.05) is 62.8 Å². The Hall–Kier alpha value is -6.13. The quantitative estimate of drug-likeness (QED) is 0.0786. The van der Waals surface area contributed by atoms with Crippen LogP contribution in [0.15, 0.2) is 84.1 Å². The van der Waals surface area contributed by atoms with E-state index in [1.165, 1.54) is 36.2 Å². The van der Waals surface area contributed by atoms with Gasteiger partial charge in [0, 0.05) is 74.8 Å². The summed E-state index contributed by atoms with van der Waals surface area (Å²) in [6.45, 7) is 4.85. The Balaban J connectivity index is 0.846. The topological polar surface area (TPSA) is 218 Å². The van der Waals surface area contributed by atoms with E-state index < -0.39 is 36.9 Å². The number of aromatic amines is 1. The number of nitrogens with one attached hydrogen (secondary N) is 3. The maximum Gasteiger partial charge on any atom is 0.312 e. The molecule has 10 rings (SSSR count). The van der Waals surface area contributed by atoms with E-state index in [-0.39, 0.29) is 35.1 Å². The second-order valence-electron chi connectivity index (χ2n) is 18.2. The van der Waals surface area contributed by atoms with Crippen LogP contribution in [0, 0.1) is 32.3 Å². The second kappa shape index (κ2) is 17.3. The Morgan fingerprint density at radius 3 is 2.51 bits per heavy atom. The van der Waals surface area contributed by atoms with Crippen LogP contribution in [0.5, 0.6) is 11.5 Å². The molecule has 338 valence electrons. The van der Waals surface area contributed by atoms with Crippen LogP contribution in [0.2, 0.25) is 0 Å². The SMILES string of the molecule is N#CC1(CNc2ncc(S(=O)(=O)NC(=O)c3ccc(N4CCC5(CC4)CC(N4CCOC[C@H]4c4ccccc4C4CC4)C5)cc3Oc3cnc4[nH]ccc4c3)cc2[N+](=O)[O-])CCOCC1. The van der Waals surface area contributed by atoms with E-state index in [0.29, 0.717) is 49.4 Å². The van der Waals surface area contributed by atoms with Crippen molar-refractivity contribution < 1.29 is 32.3 Å². The maximum atomic E-state index is 14.0. The Morgan fingerprint density at radius 1 is 0.969 bits per heavy atom. The molecule has 18 heteroatoms. The molecule has 0 unspecified atom stereocenters. The number of nitro groups is 1. The fourth-order valence-electron chi connectivity index (χ4n) is 10.2. The number of ether oxygens (including phenoxy) is 3. The monoisotopic (exact) mass is 901 g/mol. The van der Waals surface area contributed by atoms with Crippen molar-refractivity contribution in [1.82, 2.24) is 24.6 Å². The van der Waals surface area contributed by atoms with E-state index in [9.17, 15) is 28.6 Å². The zero-order chi connectivity index (χ0) is 44.8. The number of carbonyl (C=O) groups is 1. The van der Waals surface area contributed by atoms with E-state index in [0.717, 1.165) is 81.9 Å². The molecule has 3 aliphatic heterocycles. The fourth-order valence-corrected chi connectivity index (χ4v) is 11.2. The highest BCUT2D eigenvalue weighted by molar-refractivity contribution is 7.90. The van der Waals surface area contributed by atoms with Gasteiger partial charge in [-0.3, -0.25) is 19.8 Å². The molecular weight excluding hydrogens is 851 g/mol. The van der Waals surface area contributed by atoms with Gasteiger partial charge < -0.3 is 29.4 Å². The lowest BCUT2D eigenvalue weighted by atomic mass is 9.59. The first-order chi connectivity index (χ1) is 31.5. The highest BCUT2D eigenvalue weighted by Crippen LogP contribution is 2.54. The summed E-state index contributed by atoms with van der Waals surface area (Å²) in [5.41, 5.74) is 3.15. The molecule has 1 spiro atoms. The molecule has 1 atom stereocenters. The molecule has 2 aromatic carbocycles. The van der Waals surface area contributed by atoms with Crippen molar-refractivity contribution in [3.05, 3.63) is 106 Å². The minimum atomic E-state index is -4.68. The summed E-state index contributed by atoms with van der Waals surface area (Å²) in [6, 6.07) is 21.5. The molecule has 0 bridgehead atoms. The van der Waals surface area contributed by atoms with Crippen LogP contribution in [-0.2, 0) is 19.5 Å². The summed E-state index contributed by atoms with van der Waals surface area (Å²) in [4.78, 5) is 41.3. The number of hydrogen-bond donors (Lipinski definition) is 3.